The molecule has 4 rings (SSSR count). The molecule has 0 N–H and O–H groups in total. The summed E-state index contributed by atoms with van der Waals surface area (Å²) in [5, 5.41) is 15.5. The molecule has 0 atom stereocenters. The third-order valence-electron chi connectivity index (χ3n) is 3.86. The van der Waals surface area contributed by atoms with Gasteiger partial charge in [-0.1, -0.05) is 24.3 Å². The number of nitriles is 1. The summed E-state index contributed by atoms with van der Waals surface area (Å²) in [5.74, 6) is 0. The van der Waals surface area contributed by atoms with Crippen LogP contribution in [-0.2, 0) is 7.05 Å². The summed E-state index contributed by atoms with van der Waals surface area (Å²) in [6, 6.07) is 14.6. The Kier molecular flexibility index (Phi) is 3.77. The quantitative estimate of drug-likeness (QED) is 0.464. The summed E-state index contributed by atoms with van der Waals surface area (Å²) in [5.41, 5.74) is 3.72. The van der Waals surface area contributed by atoms with E-state index in [2.05, 4.69) is 33.9 Å². The first-order chi connectivity index (χ1) is 11.8. The molecule has 0 amide bonds. The second kappa shape index (κ2) is 6.08. The largest absolute Gasteiger partial charge is 0.350 e. The first-order valence-corrected chi connectivity index (χ1v) is 9.18. The van der Waals surface area contributed by atoms with Gasteiger partial charge in [0.2, 0.25) is 0 Å². The van der Waals surface area contributed by atoms with E-state index in [1.165, 1.54) is 11.3 Å². The molecule has 3 aromatic heterocycles. The normalized spacial score (nSPS) is 11.8. The third-order valence-corrected chi connectivity index (χ3v) is 5.62. The van der Waals surface area contributed by atoms with Crippen molar-refractivity contribution in [1.82, 2.24) is 9.55 Å². The Morgan fingerprint density at radius 3 is 2.88 bits per heavy atom. The average Bonchev–Trinajstić information content (AvgIpc) is 3.33. The molecule has 0 saturated heterocycles. The first-order valence-electron chi connectivity index (χ1n) is 7.42. The molecule has 3 heterocycles. The van der Waals surface area contributed by atoms with Crippen molar-refractivity contribution in [3.8, 4) is 16.6 Å². The summed E-state index contributed by atoms with van der Waals surface area (Å²) in [4.78, 5) is 5.76. The van der Waals surface area contributed by atoms with Gasteiger partial charge in [0.25, 0.3) is 0 Å². The molecule has 3 nitrogen and oxygen atoms in total. The number of allylic oxidation sites excluding steroid dienone is 1. The summed E-state index contributed by atoms with van der Waals surface area (Å²) in [7, 11) is 2.02. The fourth-order valence-electron chi connectivity index (χ4n) is 2.72. The number of thiazole rings is 1. The van der Waals surface area contributed by atoms with E-state index in [1.54, 1.807) is 11.3 Å². The molecule has 5 heteroatoms. The van der Waals surface area contributed by atoms with Gasteiger partial charge >= 0.3 is 0 Å². The van der Waals surface area contributed by atoms with E-state index in [0.29, 0.717) is 5.57 Å². The highest BCUT2D eigenvalue weighted by Gasteiger charge is 2.11. The molecule has 0 aliphatic carbocycles. The Labute approximate surface area is 147 Å². The molecule has 0 unspecified atom stereocenters. The van der Waals surface area contributed by atoms with Crippen LogP contribution in [0.5, 0.6) is 0 Å². The molecule has 0 fully saturated rings. The van der Waals surface area contributed by atoms with Crippen molar-refractivity contribution in [3.63, 3.8) is 0 Å². The maximum absolute atomic E-state index is 9.60. The van der Waals surface area contributed by atoms with Crippen LogP contribution >= 0.6 is 22.7 Å². The Morgan fingerprint density at radius 2 is 2.08 bits per heavy atom. The number of fused-ring (bicyclic) bond motifs is 1. The Balaban J connectivity index is 1.78. The van der Waals surface area contributed by atoms with Crippen molar-refractivity contribution < 1.29 is 0 Å². The summed E-state index contributed by atoms with van der Waals surface area (Å²) < 4.78 is 2.08. The number of aryl methyl sites for hydroxylation is 1. The topological polar surface area (TPSA) is 41.6 Å². The van der Waals surface area contributed by atoms with Crippen LogP contribution in [0.1, 0.15) is 10.6 Å². The Morgan fingerprint density at radius 1 is 1.21 bits per heavy atom. The van der Waals surface area contributed by atoms with Gasteiger partial charge in [-0.05, 0) is 23.6 Å². The van der Waals surface area contributed by atoms with Gasteiger partial charge in [-0.3, -0.25) is 0 Å². The van der Waals surface area contributed by atoms with Gasteiger partial charge in [-0.2, -0.15) is 5.26 Å². The molecule has 0 aliphatic heterocycles. The van der Waals surface area contributed by atoms with Crippen LogP contribution in [-0.4, -0.2) is 9.55 Å². The molecule has 0 radical (unpaired) electrons. The minimum absolute atomic E-state index is 0.596. The van der Waals surface area contributed by atoms with Crippen LogP contribution < -0.4 is 0 Å². The second-order valence-electron chi connectivity index (χ2n) is 5.40. The molecule has 0 bridgehead atoms. The van der Waals surface area contributed by atoms with Crippen LogP contribution in [0, 0.1) is 11.3 Å². The van der Waals surface area contributed by atoms with Crippen molar-refractivity contribution in [2.45, 2.75) is 0 Å². The third kappa shape index (κ3) is 2.56. The molecule has 0 aliphatic rings. The fourth-order valence-corrected chi connectivity index (χ4v) is 4.27. The van der Waals surface area contributed by atoms with Gasteiger partial charge in [-0.25, -0.2) is 4.98 Å². The summed E-state index contributed by atoms with van der Waals surface area (Å²) in [6.07, 6.45) is 3.98. The van der Waals surface area contributed by atoms with Crippen molar-refractivity contribution in [3.05, 3.63) is 63.9 Å². The fraction of sp³-hybridized carbons (Fsp3) is 0.0526. The second-order valence-corrected chi connectivity index (χ2v) is 7.20. The molecule has 24 heavy (non-hydrogen) atoms. The van der Waals surface area contributed by atoms with Crippen molar-refractivity contribution >= 4 is 45.2 Å². The molecule has 116 valence electrons. The van der Waals surface area contributed by atoms with E-state index in [4.69, 9.17) is 0 Å². The van der Waals surface area contributed by atoms with Gasteiger partial charge in [0.15, 0.2) is 0 Å². The minimum atomic E-state index is 0.596. The van der Waals surface area contributed by atoms with E-state index in [9.17, 15) is 5.26 Å². The molecule has 1 aromatic carbocycles. The number of benzene rings is 1. The van der Waals surface area contributed by atoms with Crippen LogP contribution in [0.25, 0.3) is 33.1 Å². The minimum Gasteiger partial charge on any atom is -0.350 e. The highest BCUT2D eigenvalue weighted by Crippen LogP contribution is 2.31. The number of hydrogen-bond donors (Lipinski definition) is 0. The Hall–Kier alpha value is -2.68. The van der Waals surface area contributed by atoms with Crippen LogP contribution in [0.2, 0.25) is 0 Å². The van der Waals surface area contributed by atoms with Crippen molar-refractivity contribution in [2.75, 3.05) is 0 Å². The highest BCUT2D eigenvalue weighted by molar-refractivity contribution is 7.14. The number of rotatable bonds is 3. The van der Waals surface area contributed by atoms with Gasteiger partial charge in [-0.15, -0.1) is 22.7 Å². The molecule has 0 spiro atoms. The van der Waals surface area contributed by atoms with Gasteiger partial charge < -0.3 is 4.57 Å². The maximum Gasteiger partial charge on any atom is 0.134 e. The summed E-state index contributed by atoms with van der Waals surface area (Å²) >= 11 is 3.17. The predicted molar refractivity (Wildman–Crippen MR) is 102 cm³/mol. The van der Waals surface area contributed by atoms with Crippen molar-refractivity contribution in [2.24, 2.45) is 7.05 Å². The maximum atomic E-state index is 9.60. The monoisotopic (exact) mass is 347 g/mol. The van der Waals surface area contributed by atoms with Gasteiger partial charge in [0, 0.05) is 35.1 Å². The van der Waals surface area contributed by atoms with E-state index < -0.39 is 0 Å². The molecule has 0 saturated carbocycles. The van der Waals surface area contributed by atoms with Crippen LogP contribution in [0.15, 0.2) is 53.4 Å². The van der Waals surface area contributed by atoms with Gasteiger partial charge in [0.05, 0.1) is 16.1 Å². The standard InChI is InChI=1S/C19H13N3S2/c1-22-11-14(15-5-2-3-6-17(15)22)9-13(10-20)19-21-16(12-24-19)18-7-4-8-23-18/h2-9,11-12H,1H3/b13-9-. The lowest BCUT2D eigenvalue weighted by atomic mass is 10.1. The Bertz CT molecular complexity index is 1080. The zero-order valence-electron chi connectivity index (χ0n) is 12.9. The number of aromatic nitrogens is 2. The van der Waals surface area contributed by atoms with E-state index >= 15 is 0 Å². The van der Waals surface area contributed by atoms with Crippen molar-refractivity contribution in [1.29, 1.82) is 5.26 Å². The lowest BCUT2D eigenvalue weighted by molar-refractivity contribution is 0.968. The molecular weight excluding hydrogens is 334 g/mol. The summed E-state index contributed by atoms with van der Waals surface area (Å²) in [6.45, 7) is 0. The number of hydrogen-bond acceptors (Lipinski definition) is 4. The van der Waals surface area contributed by atoms with E-state index in [1.807, 2.05) is 48.1 Å². The number of nitrogens with zero attached hydrogens (tertiary/aromatic N) is 3. The van der Waals surface area contributed by atoms with E-state index in [-0.39, 0.29) is 0 Å². The zero-order valence-corrected chi connectivity index (χ0v) is 14.6. The van der Waals surface area contributed by atoms with Gasteiger partial charge in [0.1, 0.15) is 11.1 Å². The number of thiophene rings is 1. The first kappa shape index (κ1) is 14.9. The zero-order chi connectivity index (χ0) is 16.5. The average molecular weight is 347 g/mol. The SMILES string of the molecule is Cn1cc(/C=C(/C#N)c2nc(-c3cccs3)cs2)c2ccccc21. The predicted octanol–water partition coefficient (Wildman–Crippen LogP) is 5.43. The van der Waals surface area contributed by atoms with Crippen LogP contribution in [0.3, 0.4) is 0 Å². The van der Waals surface area contributed by atoms with Crippen LogP contribution in [0.4, 0.5) is 0 Å². The molecule has 4 aromatic rings. The lowest BCUT2D eigenvalue weighted by Crippen LogP contribution is -1.82. The smallest absolute Gasteiger partial charge is 0.134 e. The highest BCUT2D eigenvalue weighted by atomic mass is 32.1. The van der Waals surface area contributed by atoms with E-state index in [0.717, 1.165) is 32.0 Å². The number of para-hydroxylation sites is 1. The molecular formula is C19H13N3S2. The lowest BCUT2D eigenvalue weighted by Gasteiger charge is -1.94.